The summed E-state index contributed by atoms with van der Waals surface area (Å²) >= 11 is 0. The van der Waals surface area contributed by atoms with Crippen LogP contribution in [0.3, 0.4) is 0 Å². The lowest BCUT2D eigenvalue weighted by Gasteiger charge is -2.42. The van der Waals surface area contributed by atoms with Crippen LogP contribution in [-0.2, 0) is 15.1 Å². The van der Waals surface area contributed by atoms with Gasteiger partial charge in [-0.1, -0.05) is 6.07 Å². The molecule has 1 amide bonds. The molecule has 0 atom stereocenters. The van der Waals surface area contributed by atoms with Gasteiger partial charge < -0.3 is 19.5 Å². The number of piperidine rings is 1. The first kappa shape index (κ1) is 17.7. The average Bonchev–Trinajstić information content (AvgIpc) is 2.52. The lowest BCUT2D eigenvalue weighted by atomic mass is 9.85. The zero-order chi connectivity index (χ0) is 16.9. The standard InChI is InChI=1S/C17H26N2O4/c1-16(2,3)23-15(21)19-9-6-17(7-10-19,22-12-11-20)14-5-4-8-18-13-14/h4-5,8,13,20H,6-7,9-12H2,1-3H3. The number of hydrogen-bond acceptors (Lipinski definition) is 5. The summed E-state index contributed by atoms with van der Waals surface area (Å²) in [5.74, 6) is 0. The van der Waals surface area contributed by atoms with Crippen LogP contribution in [0.1, 0.15) is 39.2 Å². The van der Waals surface area contributed by atoms with Gasteiger partial charge in [0.2, 0.25) is 0 Å². The monoisotopic (exact) mass is 322 g/mol. The normalized spacial score (nSPS) is 17.8. The van der Waals surface area contributed by atoms with Crippen LogP contribution in [0.25, 0.3) is 0 Å². The fourth-order valence-electron chi connectivity index (χ4n) is 2.77. The molecule has 0 radical (unpaired) electrons. The van der Waals surface area contributed by atoms with E-state index in [0.717, 1.165) is 5.56 Å². The molecule has 0 aliphatic carbocycles. The quantitative estimate of drug-likeness (QED) is 0.921. The van der Waals surface area contributed by atoms with Crippen LogP contribution in [0, 0.1) is 0 Å². The Morgan fingerprint density at radius 3 is 2.61 bits per heavy atom. The van der Waals surface area contributed by atoms with E-state index < -0.39 is 11.2 Å². The second-order valence-corrected chi connectivity index (χ2v) is 6.78. The highest BCUT2D eigenvalue weighted by Crippen LogP contribution is 2.36. The molecule has 0 spiro atoms. The molecule has 1 aromatic heterocycles. The second kappa shape index (κ2) is 7.27. The summed E-state index contributed by atoms with van der Waals surface area (Å²) in [5, 5.41) is 9.10. The predicted molar refractivity (Wildman–Crippen MR) is 86.0 cm³/mol. The molecular formula is C17H26N2O4. The summed E-state index contributed by atoms with van der Waals surface area (Å²) in [5.41, 5.74) is -0.0185. The second-order valence-electron chi connectivity index (χ2n) is 6.78. The van der Waals surface area contributed by atoms with Crippen molar-refractivity contribution in [3.8, 4) is 0 Å². The Balaban J connectivity index is 2.07. The summed E-state index contributed by atoms with van der Waals surface area (Å²) in [6, 6.07) is 3.85. The van der Waals surface area contributed by atoms with Gasteiger partial charge in [-0.15, -0.1) is 0 Å². The fraction of sp³-hybridized carbons (Fsp3) is 0.647. The number of aromatic nitrogens is 1. The van der Waals surface area contributed by atoms with Crippen LogP contribution in [-0.4, -0.2) is 53.0 Å². The Morgan fingerprint density at radius 1 is 1.39 bits per heavy atom. The van der Waals surface area contributed by atoms with Crippen molar-refractivity contribution in [3.05, 3.63) is 30.1 Å². The van der Waals surface area contributed by atoms with Gasteiger partial charge in [0.1, 0.15) is 5.60 Å². The first-order valence-electron chi connectivity index (χ1n) is 7.99. The average molecular weight is 322 g/mol. The third-order valence-electron chi connectivity index (χ3n) is 3.88. The van der Waals surface area contributed by atoms with E-state index in [4.69, 9.17) is 14.6 Å². The van der Waals surface area contributed by atoms with Gasteiger partial charge in [-0.05, 0) is 39.7 Å². The van der Waals surface area contributed by atoms with E-state index in [0.29, 0.717) is 25.9 Å². The molecule has 23 heavy (non-hydrogen) atoms. The molecule has 1 aromatic rings. The summed E-state index contributed by atoms with van der Waals surface area (Å²) in [7, 11) is 0. The number of carbonyl (C=O) groups excluding carboxylic acids is 1. The zero-order valence-electron chi connectivity index (χ0n) is 14.1. The zero-order valence-corrected chi connectivity index (χ0v) is 14.1. The van der Waals surface area contributed by atoms with Gasteiger partial charge in [0, 0.05) is 31.0 Å². The Labute approximate surface area is 137 Å². The Kier molecular flexibility index (Phi) is 5.59. The van der Waals surface area contributed by atoms with Crippen molar-refractivity contribution in [3.63, 3.8) is 0 Å². The number of aliphatic hydroxyl groups is 1. The first-order valence-corrected chi connectivity index (χ1v) is 7.99. The molecule has 6 nitrogen and oxygen atoms in total. The van der Waals surface area contributed by atoms with Crippen molar-refractivity contribution in [2.24, 2.45) is 0 Å². The highest BCUT2D eigenvalue weighted by molar-refractivity contribution is 5.68. The third-order valence-corrected chi connectivity index (χ3v) is 3.88. The van der Waals surface area contributed by atoms with Crippen LogP contribution in [0.15, 0.2) is 24.5 Å². The molecule has 128 valence electrons. The SMILES string of the molecule is CC(C)(C)OC(=O)N1CCC(OCCO)(c2cccnc2)CC1. The lowest BCUT2D eigenvalue weighted by Crippen LogP contribution is -2.48. The third kappa shape index (κ3) is 4.65. The van der Waals surface area contributed by atoms with E-state index in [2.05, 4.69) is 4.98 Å². The minimum atomic E-state index is -0.504. The number of rotatable bonds is 4. The van der Waals surface area contributed by atoms with Gasteiger partial charge in [-0.2, -0.15) is 0 Å². The summed E-state index contributed by atoms with van der Waals surface area (Å²) in [4.78, 5) is 18.1. The van der Waals surface area contributed by atoms with Gasteiger partial charge in [0.15, 0.2) is 0 Å². The number of ether oxygens (including phenoxy) is 2. The van der Waals surface area contributed by atoms with Gasteiger partial charge in [0.05, 0.1) is 18.8 Å². The van der Waals surface area contributed by atoms with Crippen LogP contribution in [0.5, 0.6) is 0 Å². The molecule has 0 saturated carbocycles. The van der Waals surface area contributed by atoms with Gasteiger partial charge in [0.25, 0.3) is 0 Å². The van der Waals surface area contributed by atoms with Crippen molar-refractivity contribution in [2.45, 2.75) is 44.8 Å². The van der Waals surface area contributed by atoms with Crippen LogP contribution in [0.2, 0.25) is 0 Å². The molecule has 1 aliphatic rings. The van der Waals surface area contributed by atoms with Gasteiger partial charge >= 0.3 is 6.09 Å². The molecule has 6 heteroatoms. The highest BCUT2D eigenvalue weighted by atomic mass is 16.6. The van der Waals surface area contributed by atoms with E-state index >= 15 is 0 Å². The van der Waals surface area contributed by atoms with Gasteiger partial charge in [-0.25, -0.2) is 4.79 Å². The van der Waals surface area contributed by atoms with Crippen LogP contribution < -0.4 is 0 Å². The molecule has 0 aromatic carbocycles. The fourth-order valence-corrected chi connectivity index (χ4v) is 2.77. The van der Waals surface area contributed by atoms with Crippen molar-refractivity contribution in [1.82, 2.24) is 9.88 Å². The van der Waals surface area contributed by atoms with Crippen molar-refractivity contribution >= 4 is 6.09 Å². The molecule has 2 rings (SSSR count). The topological polar surface area (TPSA) is 71.9 Å². The van der Waals surface area contributed by atoms with Crippen LogP contribution >= 0.6 is 0 Å². The maximum atomic E-state index is 12.2. The number of hydrogen-bond donors (Lipinski definition) is 1. The van der Waals surface area contributed by atoms with E-state index in [-0.39, 0.29) is 19.3 Å². The maximum absolute atomic E-state index is 12.2. The van der Waals surface area contributed by atoms with E-state index in [1.807, 2.05) is 32.9 Å². The smallest absolute Gasteiger partial charge is 0.410 e. The number of amides is 1. The Morgan fingerprint density at radius 2 is 2.09 bits per heavy atom. The Hall–Kier alpha value is -1.66. The molecule has 1 N–H and O–H groups in total. The number of nitrogens with zero attached hydrogens (tertiary/aromatic N) is 2. The minimum absolute atomic E-state index is 0.0300. The first-order chi connectivity index (χ1) is 10.9. The van der Waals surface area contributed by atoms with E-state index in [1.54, 1.807) is 17.3 Å². The van der Waals surface area contributed by atoms with Crippen molar-refractivity contribution in [2.75, 3.05) is 26.3 Å². The number of carbonyl (C=O) groups is 1. The number of aliphatic hydroxyl groups excluding tert-OH is 1. The number of pyridine rings is 1. The molecule has 2 heterocycles. The lowest BCUT2D eigenvalue weighted by molar-refractivity contribution is -0.0985. The van der Waals surface area contributed by atoms with Crippen molar-refractivity contribution < 1.29 is 19.4 Å². The molecule has 0 bridgehead atoms. The largest absolute Gasteiger partial charge is 0.444 e. The molecule has 0 unspecified atom stereocenters. The molecule has 1 saturated heterocycles. The Bertz CT molecular complexity index is 505. The number of likely N-dealkylation sites (tertiary alicyclic amines) is 1. The van der Waals surface area contributed by atoms with Crippen molar-refractivity contribution in [1.29, 1.82) is 0 Å². The summed E-state index contributed by atoms with van der Waals surface area (Å²) < 4.78 is 11.4. The molecule has 1 fully saturated rings. The molecular weight excluding hydrogens is 296 g/mol. The van der Waals surface area contributed by atoms with E-state index in [9.17, 15) is 4.79 Å². The molecule has 1 aliphatic heterocycles. The highest BCUT2D eigenvalue weighted by Gasteiger charge is 2.39. The van der Waals surface area contributed by atoms with Crippen LogP contribution in [0.4, 0.5) is 4.79 Å². The minimum Gasteiger partial charge on any atom is -0.444 e. The van der Waals surface area contributed by atoms with E-state index in [1.165, 1.54) is 0 Å². The van der Waals surface area contributed by atoms with Gasteiger partial charge in [-0.3, -0.25) is 4.98 Å². The maximum Gasteiger partial charge on any atom is 0.410 e. The summed E-state index contributed by atoms with van der Waals surface area (Å²) in [6.45, 7) is 6.92. The summed E-state index contributed by atoms with van der Waals surface area (Å²) in [6.07, 6.45) is 4.52. The predicted octanol–water partition coefficient (Wildman–Crippen LogP) is 2.32.